The number of hydrogen-bond acceptors (Lipinski definition) is 3. The van der Waals surface area contributed by atoms with Crippen LogP contribution >= 0.6 is 11.6 Å². The van der Waals surface area contributed by atoms with E-state index in [0.29, 0.717) is 32.2 Å². The van der Waals surface area contributed by atoms with Crippen LogP contribution in [0.25, 0.3) is 0 Å². The molecule has 0 spiro atoms. The van der Waals surface area contributed by atoms with E-state index in [1.807, 2.05) is 32.9 Å². The predicted molar refractivity (Wildman–Crippen MR) is 87.4 cm³/mol. The zero-order valence-electron chi connectivity index (χ0n) is 13.7. The van der Waals surface area contributed by atoms with Crippen LogP contribution in [-0.2, 0) is 9.47 Å². The Morgan fingerprint density at radius 2 is 1.71 bits per heavy atom. The van der Waals surface area contributed by atoms with Gasteiger partial charge in [-0.25, -0.2) is 0 Å². The number of ether oxygens (including phenoxy) is 3. The first-order valence-electron chi connectivity index (χ1n) is 7.65. The maximum atomic E-state index is 6.27. The van der Waals surface area contributed by atoms with Gasteiger partial charge in [0, 0.05) is 24.7 Å². The van der Waals surface area contributed by atoms with E-state index in [0.717, 1.165) is 21.9 Å². The molecule has 0 unspecified atom stereocenters. The summed E-state index contributed by atoms with van der Waals surface area (Å²) in [4.78, 5) is 0. The van der Waals surface area contributed by atoms with Gasteiger partial charge in [0.1, 0.15) is 5.75 Å². The van der Waals surface area contributed by atoms with Crippen molar-refractivity contribution in [3.05, 3.63) is 28.3 Å². The van der Waals surface area contributed by atoms with E-state index < -0.39 is 0 Å². The molecular formula is C17H27ClO3. The van der Waals surface area contributed by atoms with Gasteiger partial charge in [-0.1, -0.05) is 25.4 Å². The van der Waals surface area contributed by atoms with Crippen molar-refractivity contribution in [3.63, 3.8) is 0 Å². The van der Waals surface area contributed by atoms with Gasteiger partial charge >= 0.3 is 0 Å². The molecule has 1 aromatic carbocycles. The van der Waals surface area contributed by atoms with Gasteiger partial charge < -0.3 is 14.2 Å². The van der Waals surface area contributed by atoms with E-state index in [2.05, 4.69) is 13.8 Å². The minimum atomic E-state index is -0.197. The Morgan fingerprint density at radius 1 is 1.10 bits per heavy atom. The van der Waals surface area contributed by atoms with Gasteiger partial charge in [0.05, 0.1) is 6.61 Å². The van der Waals surface area contributed by atoms with E-state index >= 15 is 0 Å². The molecule has 0 atom stereocenters. The fourth-order valence-corrected chi connectivity index (χ4v) is 2.55. The van der Waals surface area contributed by atoms with Gasteiger partial charge in [-0.3, -0.25) is 0 Å². The second kappa shape index (κ2) is 9.29. The molecule has 0 saturated heterocycles. The highest BCUT2D eigenvalue weighted by atomic mass is 35.5. The fraction of sp³-hybridized carbons (Fsp3) is 0.647. The molecule has 0 saturated carbocycles. The second-order valence-corrected chi connectivity index (χ2v) is 5.68. The van der Waals surface area contributed by atoms with Crippen LogP contribution in [0.5, 0.6) is 5.75 Å². The highest BCUT2D eigenvalue weighted by molar-refractivity contribution is 6.31. The first-order chi connectivity index (χ1) is 9.99. The lowest BCUT2D eigenvalue weighted by molar-refractivity contribution is -0.142. The molecule has 0 heterocycles. The van der Waals surface area contributed by atoms with Crippen molar-refractivity contribution in [1.82, 2.24) is 0 Å². The molecule has 1 rings (SSSR count). The molecule has 3 nitrogen and oxygen atoms in total. The van der Waals surface area contributed by atoms with Crippen LogP contribution in [-0.4, -0.2) is 26.1 Å². The maximum absolute atomic E-state index is 6.27. The largest absolute Gasteiger partial charge is 0.493 e. The zero-order chi connectivity index (χ0) is 15.8. The number of hydrogen-bond donors (Lipinski definition) is 0. The third-order valence-corrected chi connectivity index (χ3v) is 3.56. The summed E-state index contributed by atoms with van der Waals surface area (Å²) in [7, 11) is 0. The molecule has 0 N–H and O–H groups in total. The van der Waals surface area contributed by atoms with Crippen molar-refractivity contribution in [2.75, 3.05) is 19.8 Å². The first kappa shape index (κ1) is 18.3. The summed E-state index contributed by atoms with van der Waals surface area (Å²) >= 11 is 6.27. The summed E-state index contributed by atoms with van der Waals surface area (Å²) in [5.74, 6) is 1.26. The van der Waals surface area contributed by atoms with E-state index in [1.165, 1.54) is 0 Å². The molecule has 0 aliphatic rings. The van der Waals surface area contributed by atoms with Gasteiger partial charge in [0.2, 0.25) is 0 Å². The molecule has 0 aliphatic heterocycles. The van der Waals surface area contributed by atoms with Crippen LogP contribution in [0, 0.1) is 6.92 Å². The molecule has 120 valence electrons. The van der Waals surface area contributed by atoms with Crippen molar-refractivity contribution in [2.24, 2.45) is 0 Å². The van der Waals surface area contributed by atoms with Crippen LogP contribution in [0.15, 0.2) is 12.1 Å². The minimum absolute atomic E-state index is 0.197. The highest BCUT2D eigenvalue weighted by Crippen LogP contribution is 2.31. The van der Waals surface area contributed by atoms with Crippen molar-refractivity contribution in [3.8, 4) is 5.75 Å². The molecule has 0 aromatic heterocycles. The molecule has 0 amide bonds. The number of benzene rings is 1. The predicted octanol–water partition coefficient (Wildman–Crippen LogP) is 4.94. The van der Waals surface area contributed by atoms with Crippen LogP contribution in [0.3, 0.4) is 0 Å². The Labute approximate surface area is 133 Å². The van der Waals surface area contributed by atoms with Crippen LogP contribution in [0.4, 0.5) is 0 Å². The maximum Gasteiger partial charge on any atom is 0.160 e. The number of halogens is 1. The summed E-state index contributed by atoms with van der Waals surface area (Å²) in [5, 5.41) is 0.802. The lowest BCUT2D eigenvalue weighted by Gasteiger charge is -2.18. The first-order valence-corrected chi connectivity index (χ1v) is 8.03. The van der Waals surface area contributed by atoms with E-state index in [9.17, 15) is 0 Å². The van der Waals surface area contributed by atoms with Crippen molar-refractivity contribution >= 4 is 11.6 Å². The fourth-order valence-electron chi connectivity index (χ4n) is 2.12. The van der Waals surface area contributed by atoms with E-state index in [4.69, 9.17) is 25.8 Å². The molecule has 0 bridgehead atoms. The van der Waals surface area contributed by atoms with E-state index in [1.54, 1.807) is 0 Å². The van der Waals surface area contributed by atoms with Gasteiger partial charge in [0.25, 0.3) is 0 Å². The lowest BCUT2D eigenvalue weighted by Crippen LogP contribution is -2.20. The van der Waals surface area contributed by atoms with Gasteiger partial charge in [-0.15, -0.1) is 0 Å². The Kier molecular flexibility index (Phi) is 8.09. The van der Waals surface area contributed by atoms with Gasteiger partial charge in [-0.2, -0.15) is 0 Å². The SMILES string of the molecule is CCOC(CCOc1cc(C(C)C)c(Cl)cc1C)OCC. The zero-order valence-corrected chi connectivity index (χ0v) is 14.5. The lowest BCUT2D eigenvalue weighted by atomic mass is 10.0. The highest BCUT2D eigenvalue weighted by Gasteiger charge is 2.12. The number of aryl methyl sites for hydroxylation is 1. The van der Waals surface area contributed by atoms with Crippen LogP contribution < -0.4 is 4.74 Å². The summed E-state index contributed by atoms with van der Waals surface area (Å²) in [6.45, 7) is 12.0. The Bertz CT molecular complexity index is 426. The standard InChI is InChI=1S/C17H27ClO3/c1-6-19-17(20-7-2)8-9-21-16-11-14(12(3)4)15(18)10-13(16)5/h10-12,17H,6-9H2,1-5H3. The average Bonchev–Trinajstić information content (AvgIpc) is 2.41. The molecule has 1 aromatic rings. The average molecular weight is 315 g/mol. The summed E-state index contributed by atoms with van der Waals surface area (Å²) in [6, 6.07) is 4.01. The minimum Gasteiger partial charge on any atom is -0.493 e. The Balaban J connectivity index is 2.64. The van der Waals surface area contributed by atoms with Crippen molar-refractivity contribution in [2.45, 2.75) is 53.2 Å². The second-order valence-electron chi connectivity index (χ2n) is 5.27. The molecule has 21 heavy (non-hydrogen) atoms. The monoisotopic (exact) mass is 314 g/mol. The topological polar surface area (TPSA) is 27.7 Å². The van der Waals surface area contributed by atoms with Crippen LogP contribution in [0.1, 0.15) is 51.2 Å². The molecule has 0 aliphatic carbocycles. The summed E-state index contributed by atoms with van der Waals surface area (Å²) in [5.41, 5.74) is 2.16. The molecule has 4 heteroatoms. The summed E-state index contributed by atoms with van der Waals surface area (Å²) < 4.78 is 16.9. The van der Waals surface area contributed by atoms with Crippen molar-refractivity contribution in [1.29, 1.82) is 0 Å². The quantitative estimate of drug-likeness (QED) is 0.604. The normalized spacial score (nSPS) is 11.4. The molecule has 0 fully saturated rings. The summed E-state index contributed by atoms with van der Waals surface area (Å²) in [6.07, 6.45) is 0.512. The Morgan fingerprint density at radius 3 is 2.24 bits per heavy atom. The smallest absolute Gasteiger partial charge is 0.160 e. The van der Waals surface area contributed by atoms with Crippen molar-refractivity contribution < 1.29 is 14.2 Å². The third kappa shape index (κ3) is 5.85. The van der Waals surface area contributed by atoms with Gasteiger partial charge in [-0.05, 0) is 49.9 Å². The van der Waals surface area contributed by atoms with Gasteiger partial charge in [0.15, 0.2) is 6.29 Å². The Hall–Kier alpha value is -0.770. The number of rotatable bonds is 9. The molecular weight excluding hydrogens is 288 g/mol. The van der Waals surface area contributed by atoms with Crippen LogP contribution in [0.2, 0.25) is 5.02 Å². The third-order valence-electron chi connectivity index (χ3n) is 3.23. The van der Waals surface area contributed by atoms with E-state index in [-0.39, 0.29) is 6.29 Å². The molecule has 0 radical (unpaired) electrons.